The molecular weight excluding hydrogens is 328 g/mol. The van der Waals surface area contributed by atoms with Gasteiger partial charge in [0.25, 0.3) is 0 Å². The molecule has 0 spiro atoms. The summed E-state index contributed by atoms with van der Waals surface area (Å²) in [5, 5.41) is 16.6. The number of aliphatic hydroxyl groups excluding tert-OH is 1. The SMILES string of the molecule is CCNC(=NCC(O)c1ccco1)NCCCN(CC)c1ccccc1. The minimum atomic E-state index is -0.728. The Kier molecular flexibility index (Phi) is 8.55. The smallest absolute Gasteiger partial charge is 0.191 e. The minimum absolute atomic E-state index is 0.258. The number of benzene rings is 1. The summed E-state index contributed by atoms with van der Waals surface area (Å²) in [6.07, 6.45) is 1.82. The highest BCUT2D eigenvalue weighted by Gasteiger charge is 2.10. The molecule has 0 aliphatic heterocycles. The van der Waals surface area contributed by atoms with Crippen LogP contribution in [0.25, 0.3) is 0 Å². The molecule has 1 heterocycles. The quantitative estimate of drug-likeness (QED) is 0.346. The number of furan rings is 1. The Morgan fingerprint density at radius 1 is 1.15 bits per heavy atom. The number of anilines is 1. The first-order valence-electron chi connectivity index (χ1n) is 9.28. The Labute approximate surface area is 155 Å². The summed E-state index contributed by atoms with van der Waals surface area (Å²) < 4.78 is 5.20. The Morgan fingerprint density at radius 3 is 2.62 bits per heavy atom. The van der Waals surface area contributed by atoms with E-state index in [-0.39, 0.29) is 6.54 Å². The maximum absolute atomic E-state index is 10.1. The maximum atomic E-state index is 10.1. The topological polar surface area (TPSA) is 73.0 Å². The fourth-order valence-electron chi connectivity index (χ4n) is 2.68. The third-order valence-corrected chi connectivity index (χ3v) is 4.04. The van der Waals surface area contributed by atoms with Crippen molar-refractivity contribution in [1.82, 2.24) is 10.6 Å². The number of aliphatic imine (C=N–C) groups is 1. The molecule has 1 atom stereocenters. The molecule has 0 aliphatic rings. The lowest BCUT2D eigenvalue weighted by Gasteiger charge is -2.23. The first-order valence-corrected chi connectivity index (χ1v) is 9.28. The number of hydrogen-bond acceptors (Lipinski definition) is 4. The van der Waals surface area contributed by atoms with Gasteiger partial charge in [-0.1, -0.05) is 18.2 Å². The molecule has 26 heavy (non-hydrogen) atoms. The molecule has 1 unspecified atom stereocenters. The molecule has 1 aromatic heterocycles. The molecule has 2 rings (SSSR count). The van der Waals surface area contributed by atoms with Gasteiger partial charge in [0.05, 0.1) is 12.8 Å². The summed E-state index contributed by atoms with van der Waals surface area (Å²) in [5.41, 5.74) is 1.25. The number of hydrogen-bond donors (Lipinski definition) is 3. The summed E-state index contributed by atoms with van der Waals surface area (Å²) in [7, 11) is 0. The Hall–Kier alpha value is -2.47. The van der Waals surface area contributed by atoms with Gasteiger partial charge in [-0.3, -0.25) is 4.99 Å². The van der Waals surface area contributed by atoms with Crippen molar-refractivity contribution in [2.45, 2.75) is 26.4 Å². The first kappa shape index (κ1) is 19.8. The van der Waals surface area contributed by atoms with E-state index in [0.717, 1.165) is 32.6 Å². The van der Waals surface area contributed by atoms with Gasteiger partial charge in [0.2, 0.25) is 0 Å². The van der Waals surface area contributed by atoms with Crippen LogP contribution in [0.1, 0.15) is 32.1 Å². The summed E-state index contributed by atoms with van der Waals surface area (Å²) >= 11 is 0. The van der Waals surface area contributed by atoms with Crippen molar-refractivity contribution in [2.75, 3.05) is 37.6 Å². The van der Waals surface area contributed by atoms with Crippen LogP contribution in [0.3, 0.4) is 0 Å². The second-order valence-corrected chi connectivity index (χ2v) is 5.95. The van der Waals surface area contributed by atoms with Gasteiger partial charge in [-0.25, -0.2) is 0 Å². The third kappa shape index (κ3) is 6.44. The van der Waals surface area contributed by atoms with Crippen LogP contribution in [0.2, 0.25) is 0 Å². The minimum Gasteiger partial charge on any atom is -0.467 e. The molecule has 0 bridgehead atoms. The molecule has 0 radical (unpaired) electrons. The highest BCUT2D eigenvalue weighted by atomic mass is 16.4. The predicted octanol–water partition coefficient (Wildman–Crippen LogP) is 2.78. The molecule has 6 heteroatoms. The van der Waals surface area contributed by atoms with E-state index in [9.17, 15) is 5.11 Å². The third-order valence-electron chi connectivity index (χ3n) is 4.04. The maximum Gasteiger partial charge on any atom is 0.191 e. The normalized spacial score (nSPS) is 12.7. The largest absolute Gasteiger partial charge is 0.467 e. The van der Waals surface area contributed by atoms with E-state index in [1.807, 2.05) is 13.0 Å². The van der Waals surface area contributed by atoms with Crippen molar-refractivity contribution in [3.05, 3.63) is 54.5 Å². The van der Waals surface area contributed by atoms with Gasteiger partial charge in [0, 0.05) is 31.9 Å². The van der Waals surface area contributed by atoms with Gasteiger partial charge < -0.3 is 25.1 Å². The van der Waals surface area contributed by atoms with Crippen LogP contribution in [0.5, 0.6) is 0 Å². The zero-order valence-electron chi connectivity index (χ0n) is 15.7. The van der Waals surface area contributed by atoms with Crippen LogP contribution in [-0.2, 0) is 0 Å². The second kappa shape index (κ2) is 11.2. The van der Waals surface area contributed by atoms with Gasteiger partial charge in [0.15, 0.2) is 5.96 Å². The fraction of sp³-hybridized carbons (Fsp3) is 0.450. The van der Waals surface area contributed by atoms with Crippen LogP contribution >= 0.6 is 0 Å². The zero-order chi connectivity index (χ0) is 18.6. The monoisotopic (exact) mass is 358 g/mol. The molecule has 3 N–H and O–H groups in total. The standard InChI is InChI=1S/C20H30N4O2/c1-3-21-20(23-16-18(25)19-12-8-15-26-19)22-13-9-14-24(4-2)17-10-6-5-7-11-17/h5-8,10-12,15,18,25H,3-4,9,13-14,16H2,1-2H3,(H2,21,22,23). The molecule has 142 valence electrons. The number of para-hydroxylation sites is 1. The lowest BCUT2D eigenvalue weighted by molar-refractivity contribution is 0.158. The zero-order valence-corrected chi connectivity index (χ0v) is 15.7. The Balaban J connectivity index is 1.77. The van der Waals surface area contributed by atoms with Gasteiger partial charge in [-0.2, -0.15) is 0 Å². The van der Waals surface area contributed by atoms with E-state index >= 15 is 0 Å². The van der Waals surface area contributed by atoms with Crippen molar-refractivity contribution >= 4 is 11.6 Å². The molecule has 0 amide bonds. The summed E-state index contributed by atoms with van der Waals surface area (Å²) in [5.74, 6) is 1.24. The van der Waals surface area contributed by atoms with E-state index in [1.54, 1.807) is 18.4 Å². The number of nitrogens with zero attached hydrogens (tertiary/aromatic N) is 2. The van der Waals surface area contributed by atoms with Crippen molar-refractivity contribution in [1.29, 1.82) is 0 Å². The molecule has 0 fully saturated rings. The average Bonchev–Trinajstić information content (AvgIpc) is 3.21. The molecule has 0 saturated heterocycles. The van der Waals surface area contributed by atoms with Crippen molar-refractivity contribution in [2.24, 2.45) is 4.99 Å². The van der Waals surface area contributed by atoms with Crippen molar-refractivity contribution < 1.29 is 9.52 Å². The van der Waals surface area contributed by atoms with E-state index < -0.39 is 6.10 Å². The number of guanidine groups is 1. The predicted molar refractivity (Wildman–Crippen MR) is 107 cm³/mol. The second-order valence-electron chi connectivity index (χ2n) is 5.95. The number of nitrogens with one attached hydrogen (secondary N) is 2. The first-order chi connectivity index (χ1) is 12.7. The molecule has 1 aromatic carbocycles. The van der Waals surface area contributed by atoms with Crippen LogP contribution in [0.15, 0.2) is 58.1 Å². The summed E-state index contributed by atoms with van der Waals surface area (Å²) in [6.45, 7) is 7.99. The van der Waals surface area contributed by atoms with Crippen LogP contribution in [0, 0.1) is 0 Å². The van der Waals surface area contributed by atoms with Crippen LogP contribution in [-0.4, -0.2) is 43.8 Å². The molecular formula is C20H30N4O2. The fourth-order valence-corrected chi connectivity index (χ4v) is 2.68. The number of aliphatic hydroxyl groups is 1. The lowest BCUT2D eigenvalue weighted by Crippen LogP contribution is -2.39. The Morgan fingerprint density at radius 2 is 1.96 bits per heavy atom. The van der Waals surface area contributed by atoms with Gasteiger partial charge in [-0.15, -0.1) is 0 Å². The van der Waals surface area contributed by atoms with E-state index in [4.69, 9.17) is 4.42 Å². The van der Waals surface area contributed by atoms with Gasteiger partial charge >= 0.3 is 0 Å². The number of rotatable bonds is 10. The van der Waals surface area contributed by atoms with Gasteiger partial charge in [-0.05, 0) is 44.5 Å². The van der Waals surface area contributed by atoms with Crippen molar-refractivity contribution in [3.63, 3.8) is 0 Å². The highest BCUT2D eigenvalue weighted by Crippen LogP contribution is 2.13. The van der Waals surface area contributed by atoms with Crippen LogP contribution in [0.4, 0.5) is 5.69 Å². The average molecular weight is 358 g/mol. The van der Waals surface area contributed by atoms with E-state index in [0.29, 0.717) is 11.7 Å². The molecule has 6 nitrogen and oxygen atoms in total. The van der Waals surface area contributed by atoms with Crippen molar-refractivity contribution in [3.8, 4) is 0 Å². The highest BCUT2D eigenvalue weighted by molar-refractivity contribution is 5.79. The molecule has 0 aliphatic carbocycles. The Bertz CT molecular complexity index is 629. The van der Waals surface area contributed by atoms with Gasteiger partial charge in [0.1, 0.15) is 11.9 Å². The molecule has 0 saturated carbocycles. The van der Waals surface area contributed by atoms with Crippen LogP contribution < -0.4 is 15.5 Å². The lowest BCUT2D eigenvalue weighted by atomic mass is 10.2. The summed E-state index contributed by atoms with van der Waals surface area (Å²) in [4.78, 5) is 6.79. The van der Waals surface area contributed by atoms with E-state index in [1.165, 1.54) is 5.69 Å². The van der Waals surface area contributed by atoms with E-state index in [2.05, 4.69) is 51.7 Å². The summed E-state index contributed by atoms with van der Waals surface area (Å²) in [6, 6.07) is 14.0. The molecule has 2 aromatic rings.